The van der Waals surface area contributed by atoms with Crippen molar-refractivity contribution in [3.05, 3.63) is 28.2 Å². The molecule has 0 radical (unpaired) electrons. The first kappa shape index (κ1) is 13.2. The van der Waals surface area contributed by atoms with Crippen LogP contribution in [0.4, 0.5) is 5.95 Å². The highest BCUT2D eigenvalue weighted by atomic mass is 35.5. The molecular weight excluding hydrogens is 271 g/mol. The van der Waals surface area contributed by atoms with Crippen molar-refractivity contribution >= 4 is 29.2 Å². The topological polar surface area (TPSA) is 42.7 Å². The van der Waals surface area contributed by atoms with Crippen LogP contribution in [0.25, 0.3) is 11.4 Å². The molecule has 0 atom stereocenters. The SMILES string of the molecule is CCNc1nnc(-c2cc(Cl)ccc2Cl)n1CC. The number of rotatable bonds is 4. The van der Waals surface area contributed by atoms with Crippen molar-refractivity contribution in [3.63, 3.8) is 0 Å². The molecule has 0 saturated heterocycles. The minimum atomic E-state index is 0.615. The van der Waals surface area contributed by atoms with Gasteiger partial charge in [0.25, 0.3) is 0 Å². The van der Waals surface area contributed by atoms with Gasteiger partial charge in [-0.2, -0.15) is 0 Å². The Morgan fingerprint density at radius 1 is 1.22 bits per heavy atom. The van der Waals surface area contributed by atoms with Gasteiger partial charge in [-0.05, 0) is 32.0 Å². The van der Waals surface area contributed by atoms with Gasteiger partial charge in [-0.3, -0.25) is 4.57 Å². The average molecular weight is 285 g/mol. The van der Waals surface area contributed by atoms with Gasteiger partial charge in [0.05, 0.1) is 5.02 Å². The summed E-state index contributed by atoms with van der Waals surface area (Å²) < 4.78 is 1.97. The molecule has 1 aromatic carbocycles. The van der Waals surface area contributed by atoms with E-state index >= 15 is 0 Å². The number of hydrogen-bond acceptors (Lipinski definition) is 3. The normalized spacial score (nSPS) is 10.7. The average Bonchev–Trinajstić information content (AvgIpc) is 2.75. The fourth-order valence-corrected chi connectivity index (χ4v) is 2.13. The molecular formula is C12H14Cl2N4. The third kappa shape index (κ3) is 2.44. The van der Waals surface area contributed by atoms with Crippen LogP contribution in [-0.2, 0) is 6.54 Å². The van der Waals surface area contributed by atoms with Gasteiger partial charge in [0.2, 0.25) is 5.95 Å². The summed E-state index contributed by atoms with van der Waals surface area (Å²) in [5.74, 6) is 1.46. The van der Waals surface area contributed by atoms with Gasteiger partial charge in [-0.25, -0.2) is 0 Å². The summed E-state index contributed by atoms with van der Waals surface area (Å²) in [4.78, 5) is 0. The molecule has 0 unspecified atom stereocenters. The largest absolute Gasteiger partial charge is 0.355 e. The van der Waals surface area contributed by atoms with E-state index in [1.54, 1.807) is 18.2 Å². The Morgan fingerprint density at radius 2 is 2.00 bits per heavy atom. The lowest BCUT2D eigenvalue weighted by Gasteiger charge is -2.09. The number of aromatic nitrogens is 3. The van der Waals surface area contributed by atoms with Crippen LogP contribution in [0.1, 0.15) is 13.8 Å². The van der Waals surface area contributed by atoms with Crippen LogP contribution in [-0.4, -0.2) is 21.3 Å². The van der Waals surface area contributed by atoms with Crippen LogP contribution in [0, 0.1) is 0 Å². The molecule has 1 N–H and O–H groups in total. The number of nitrogens with zero attached hydrogens (tertiary/aromatic N) is 3. The maximum atomic E-state index is 6.19. The van der Waals surface area contributed by atoms with Crippen LogP contribution in [0.15, 0.2) is 18.2 Å². The summed E-state index contributed by atoms with van der Waals surface area (Å²) in [6.07, 6.45) is 0. The van der Waals surface area contributed by atoms with Crippen molar-refractivity contribution in [1.29, 1.82) is 0 Å². The quantitative estimate of drug-likeness (QED) is 0.931. The van der Waals surface area contributed by atoms with Crippen LogP contribution < -0.4 is 5.32 Å². The number of anilines is 1. The lowest BCUT2D eigenvalue weighted by atomic mass is 10.2. The molecule has 0 fully saturated rings. The number of benzene rings is 1. The van der Waals surface area contributed by atoms with E-state index < -0.39 is 0 Å². The van der Waals surface area contributed by atoms with Crippen LogP contribution in [0.2, 0.25) is 10.0 Å². The van der Waals surface area contributed by atoms with Crippen molar-refractivity contribution in [2.45, 2.75) is 20.4 Å². The smallest absolute Gasteiger partial charge is 0.224 e. The molecule has 2 aromatic rings. The number of hydrogen-bond donors (Lipinski definition) is 1. The standard InChI is InChI=1S/C12H14Cl2N4/c1-3-15-12-17-16-11(18(12)4-2)9-7-8(13)5-6-10(9)14/h5-7H,3-4H2,1-2H3,(H,15,17). The second-order valence-corrected chi connectivity index (χ2v) is 4.59. The van der Waals surface area contributed by atoms with E-state index in [1.165, 1.54) is 0 Å². The van der Waals surface area contributed by atoms with Gasteiger partial charge >= 0.3 is 0 Å². The third-order valence-corrected chi connectivity index (χ3v) is 3.14. The lowest BCUT2D eigenvalue weighted by molar-refractivity contribution is 0.770. The molecule has 0 amide bonds. The molecule has 1 aromatic heterocycles. The monoisotopic (exact) mass is 284 g/mol. The van der Waals surface area contributed by atoms with Gasteiger partial charge in [0.15, 0.2) is 5.82 Å². The van der Waals surface area contributed by atoms with Crippen LogP contribution in [0.3, 0.4) is 0 Å². The summed E-state index contributed by atoms with van der Waals surface area (Å²) >= 11 is 12.2. The molecule has 0 spiro atoms. The molecule has 0 saturated carbocycles. The van der Waals surface area contributed by atoms with Crippen molar-refractivity contribution in [1.82, 2.24) is 14.8 Å². The minimum absolute atomic E-state index is 0.615. The molecule has 96 valence electrons. The maximum absolute atomic E-state index is 6.19. The molecule has 1 heterocycles. The zero-order valence-electron chi connectivity index (χ0n) is 10.2. The van der Waals surface area contributed by atoms with Gasteiger partial charge in [0.1, 0.15) is 0 Å². The van der Waals surface area contributed by atoms with Gasteiger partial charge in [-0.15, -0.1) is 10.2 Å². The Morgan fingerprint density at radius 3 is 2.67 bits per heavy atom. The summed E-state index contributed by atoms with van der Waals surface area (Å²) in [7, 11) is 0. The van der Waals surface area contributed by atoms with Crippen LogP contribution >= 0.6 is 23.2 Å². The van der Waals surface area contributed by atoms with Gasteiger partial charge in [0, 0.05) is 23.7 Å². The predicted molar refractivity (Wildman–Crippen MR) is 75.3 cm³/mol. The van der Waals surface area contributed by atoms with E-state index in [1.807, 2.05) is 18.4 Å². The van der Waals surface area contributed by atoms with Gasteiger partial charge < -0.3 is 5.32 Å². The lowest BCUT2D eigenvalue weighted by Crippen LogP contribution is -2.07. The second-order valence-electron chi connectivity index (χ2n) is 3.75. The Labute approximate surface area is 116 Å². The number of halogens is 2. The molecule has 18 heavy (non-hydrogen) atoms. The fourth-order valence-electron chi connectivity index (χ4n) is 1.76. The zero-order chi connectivity index (χ0) is 13.1. The first-order valence-corrected chi connectivity index (χ1v) is 6.55. The highest BCUT2D eigenvalue weighted by molar-refractivity contribution is 6.35. The van der Waals surface area contributed by atoms with Crippen molar-refractivity contribution in [2.75, 3.05) is 11.9 Å². The molecule has 2 rings (SSSR count). The van der Waals surface area contributed by atoms with E-state index in [-0.39, 0.29) is 0 Å². The maximum Gasteiger partial charge on any atom is 0.224 e. The second kappa shape index (κ2) is 5.59. The molecule has 4 nitrogen and oxygen atoms in total. The Bertz CT molecular complexity index is 551. The van der Waals surface area contributed by atoms with E-state index in [0.717, 1.165) is 30.4 Å². The highest BCUT2D eigenvalue weighted by Gasteiger charge is 2.14. The predicted octanol–water partition coefficient (Wildman–Crippen LogP) is 3.70. The van der Waals surface area contributed by atoms with E-state index in [0.29, 0.717) is 10.0 Å². The number of nitrogens with one attached hydrogen (secondary N) is 1. The molecule has 0 aliphatic rings. The molecule has 6 heteroatoms. The van der Waals surface area contributed by atoms with Crippen molar-refractivity contribution in [2.24, 2.45) is 0 Å². The highest BCUT2D eigenvalue weighted by Crippen LogP contribution is 2.30. The summed E-state index contributed by atoms with van der Waals surface area (Å²) in [6, 6.07) is 5.32. The zero-order valence-corrected chi connectivity index (χ0v) is 11.8. The van der Waals surface area contributed by atoms with Crippen molar-refractivity contribution < 1.29 is 0 Å². The summed E-state index contributed by atoms with van der Waals surface area (Å²) in [6.45, 7) is 5.60. The van der Waals surface area contributed by atoms with E-state index in [4.69, 9.17) is 23.2 Å². The van der Waals surface area contributed by atoms with Crippen LogP contribution in [0.5, 0.6) is 0 Å². The fraction of sp³-hybridized carbons (Fsp3) is 0.333. The first-order chi connectivity index (χ1) is 8.67. The summed E-state index contributed by atoms with van der Waals surface area (Å²) in [5.41, 5.74) is 0.794. The van der Waals surface area contributed by atoms with E-state index in [9.17, 15) is 0 Å². The molecule has 0 aliphatic carbocycles. The molecule has 0 aliphatic heterocycles. The summed E-state index contributed by atoms with van der Waals surface area (Å²) in [5, 5.41) is 12.7. The first-order valence-electron chi connectivity index (χ1n) is 5.79. The van der Waals surface area contributed by atoms with E-state index in [2.05, 4.69) is 15.5 Å². The molecule has 0 bridgehead atoms. The minimum Gasteiger partial charge on any atom is -0.355 e. The van der Waals surface area contributed by atoms with Gasteiger partial charge in [-0.1, -0.05) is 23.2 Å². The Balaban J connectivity index is 2.53. The van der Waals surface area contributed by atoms with Crippen molar-refractivity contribution in [3.8, 4) is 11.4 Å². The Hall–Kier alpha value is -1.26. The Kier molecular flexibility index (Phi) is 4.09. The third-order valence-electron chi connectivity index (χ3n) is 2.57.